The number of benzene rings is 1. The average molecular weight is 400 g/mol. The predicted octanol–water partition coefficient (Wildman–Crippen LogP) is 4.19. The Hall–Kier alpha value is -2.45. The fourth-order valence-corrected chi connectivity index (χ4v) is 3.98. The molecular formula is C19H21N5OS2. The molecule has 3 rings (SSSR count). The van der Waals surface area contributed by atoms with E-state index in [1.165, 1.54) is 28.7 Å². The molecule has 3 aromatic rings. The highest BCUT2D eigenvalue weighted by Gasteiger charge is 2.13. The van der Waals surface area contributed by atoms with Crippen molar-refractivity contribution >= 4 is 34.1 Å². The van der Waals surface area contributed by atoms with E-state index < -0.39 is 0 Å². The largest absolute Gasteiger partial charge is 0.302 e. The molecule has 0 radical (unpaired) electrons. The van der Waals surface area contributed by atoms with Gasteiger partial charge in [0.05, 0.1) is 11.4 Å². The highest BCUT2D eigenvalue weighted by atomic mass is 32.2. The number of carbonyl (C=O) groups is 1. The molecular weight excluding hydrogens is 378 g/mol. The van der Waals surface area contributed by atoms with Gasteiger partial charge in [-0.1, -0.05) is 54.6 Å². The van der Waals surface area contributed by atoms with E-state index in [9.17, 15) is 4.79 Å². The number of nitrogens with zero attached hydrogens (tertiary/aromatic N) is 4. The Balaban J connectivity index is 1.59. The van der Waals surface area contributed by atoms with Crippen molar-refractivity contribution in [2.24, 2.45) is 0 Å². The molecule has 140 valence electrons. The lowest BCUT2D eigenvalue weighted by molar-refractivity contribution is -0.113. The van der Waals surface area contributed by atoms with Gasteiger partial charge in [-0.25, -0.2) is 4.98 Å². The lowest BCUT2D eigenvalue weighted by atomic mass is 10.1. The fourth-order valence-electron chi connectivity index (χ4n) is 2.47. The molecule has 0 aliphatic rings. The van der Waals surface area contributed by atoms with Gasteiger partial charge < -0.3 is 9.88 Å². The van der Waals surface area contributed by atoms with Crippen LogP contribution in [0.1, 0.15) is 18.3 Å². The Kier molecular flexibility index (Phi) is 6.41. The average Bonchev–Trinajstić information content (AvgIpc) is 3.28. The molecule has 0 aliphatic heterocycles. The molecule has 0 saturated carbocycles. The summed E-state index contributed by atoms with van der Waals surface area (Å²) in [6.07, 6.45) is 2.59. The number of thiazole rings is 1. The molecule has 27 heavy (non-hydrogen) atoms. The summed E-state index contributed by atoms with van der Waals surface area (Å²) in [7, 11) is 0. The number of rotatable bonds is 8. The van der Waals surface area contributed by atoms with E-state index in [-0.39, 0.29) is 11.7 Å². The lowest BCUT2D eigenvalue weighted by Crippen LogP contribution is -2.14. The number of carbonyl (C=O) groups excluding carboxylic acids is 1. The van der Waals surface area contributed by atoms with Crippen LogP contribution in [-0.4, -0.2) is 31.4 Å². The highest BCUT2D eigenvalue weighted by molar-refractivity contribution is 7.99. The van der Waals surface area contributed by atoms with Gasteiger partial charge in [0.2, 0.25) is 5.91 Å². The van der Waals surface area contributed by atoms with Crippen LogP contribution in [0.2, 0.25) is 0 Å². The second-order valence-electron chi connectivity index (χ2n) is 5.89. The second kappa shape index (κ2) is 8.96. The van der Waals surface area contributed by atoms with Crippen LogP contribution >= 0.6 is 23.1 Å². The molecule has 2 heterocycles. The predicted molar refractivity (Wildman–Crippen MR) is 111 cm³/mol. The number of allylic oxidation sites excluding steroid dienone is 1. The van der Waals surface area contributed by atoms with Crippen LogP contribution < -0.4 is 5.32 Å². The van der Waals surface area contributed by atoms with E-state index in [0.717, 1.165) is 28.7 Å². The Morgan fingerprint density at radius 1 is 1.33 bits per heavy atom. The van der Waals surface area contributed by atoms with Gasteiger partial charge in [0.15, 0.2) is 10.3 Å². The quantitative estimate of drug-likeness (QED) is 0.454. The second-order valence-corrected chi connectivity index (χ2v) is 7.69. The van der Waals surface area contributed by atoms with Gasteiger partial charge in [-0.05, 0) is 6.92 Å². The number of hydrogen-bond donors (Lipinski definition) is 1. The van der Waals surface area contributed by atoms with Crippen molar-refractivity contribution < 1.29 is 4.79 Å². The van der Waals surface area contributed by atoms with Crippen molar-refractivity contribution in [3.8, 4) is 11.3 Å². The van der Waals surface area contributed by atoms with E-state index in [1.54, 1.807) is 6.08 Å². The first-order chi connectivity index (χ1) is 13.1. The molecule has 0 spiro atoms. The van der Waals surface area contributed by atoms with E-state index >= 15 is 0 Å². The molecule has 0 unspecified atom stereocenters. The first-order valence-corrected chi connectivity index (χ1v) is 10.5. The Morgan fingerprint density at radius 2 is 2.11 bits per heavy atom. The van der Waals surface area contributed by atoms with Gasteiger partial charge >= 0.3 is 0 Å². The molecule has 1 amide bonds. The SMILES string of the molecule is C=CCn1c(CC)nnc1SCC(=O)Nc1nc(-c2ccc(C)cc2)cs1. The Labute approximate surface area is 166 Å². The smallest absolute Gasteiger partial charge is 0.236 e. The maximum absolute atomic E-state index is 12.3. The van der Waals surface area contributed by atoms with Crippen molar-refractivity contribution in [3.63, 3.8) is 0 Å². The Morgan fingerprint density at radius 3 is 2.81 bits per heavy atom. The number of amides is 1. The number of aryl methyl sites for hydroxylation is 2. The lowest BCUT2D eigenvalue weighted by Gasteiger charge is -2.06. The van der Waals surface area contributed by atoms with Crippen molar-refractivity contribution in [1.29, 1.82) is 0 Å². The summed E-state index contributed by atoms with van der Waals surface area (Å²) >= 11 is 2.78. The van der Waals surface area contributed by atoms with E-state index in [4.69, 9.17) is 0 Å². The molecule has 0 saturated heterocycles. The third-order valence-electron chi connectivity index (χ3n) is 3.85. The van der Waals surface area contributed by atoms with Crippen molar-refractivity contribution in [2.45, 2.75) is 32.0 Å². The molecule has 8 heteroatoms. The summed E-state index contributed by atoms with van der Waals surface area (Å²) in [4.78, 5) is 16.8. The van der Waals surface area contributed by atoms with E-state index in [2.05, 4.69) is 27.1 Å². The maximum Gasteiger partial charge on any atom is 0.236 e. The maximum atomic E-state index is 12.3. The number of anilines is 1. The van der Waals surface area contributed by atoms with Crippen molar-refractivity contribution in [2.75, 3.05) is 11.1 Å². The summed E-state index contributed by atoms with van der Waals surface area (Å²) in [6.45, 7) is 8.47. The third-order valence-corrected chi connectivity index (χ3v) is 5.58. The van der Waals surface area contributed by atoms with Gasteiger partial charge in [-0.3, -0.25) is 4.79 Å². The summed E-state index contributed by atoms with van der Waals surface area (Å²) in [5.74, 6) is 1.02. The molecule has 0 aliphatic carbocycles. The number of aromatic nitrogens is 4. The standard InChI is InChI=1S/C19H21N5OS2/c1-4-10-24-16(5-2)22-23-19(24)27-12-17(25)21-18-20-15(11-26-18)14-8-6-13(3)7-9-14/h4,6-9,11H,1,5,10,12H2,2-3H3,(H,20,21,25). The van der Waals surface area contributed by atoms with Gasteiger partial charge in [0, 0.05) is 23.9 Å². The monoisotopic (exact) mass is 399 g/mol. The van der Waals surface area contributed by atoms with Gasteiger partial charge in [0.25, 0.3) is 0 Å². The van der Waals surface area contributed by atoms with Crippen LogP contribution in [0.5, 0.6) is 0 Å². The van der Waals surface area contributed by atoms with Crippen molar-refractivity contribution in [1.82, 2.24) is 19.7 Å². The van der Waals surface area contributed by atoms with Crippen molar-refractivity contribution in [3.05, 3.63) is 53.7 Å². The molecule has 0 fully saturated rings. The van der Waals surface area contributed by atoms with Crippen LogP contribution in [0.4, 0.5) is 5.13 Å². The van der Waals surface area contributed by atoms with Crippen LogP contribution in [0.25, 0.3) is 11.3 Å². The molecule has 0 bridgehead atoms. The minimum atomic E-state index is -0.115. The van der Waals surface area contributed by atoms with E-state index in [0.29, 0.717) is 11.7 Å². The zero-order valence-electron chi connectivity index (χ0n) is 15.3. The van der Waals surface area contributed by atoms with Crippen LogP contribution in [0.3, 0.4) is 0 Å². The molecule has 1 N–H and O–H groups in total. The van der Waals surface area contributed by atoms with Gasteiger partial charge in [-0.2, -0.15) is 0 Å². The first-order valence-electron chi connectivity index (χ1n) is 8.59. The van der Waals surface area contributed by atoms with Gasteiger partial charge in [-0.15, -0.1) is 28.1 Å². The first kappa shape index (κ1) is 19.3. The molecule has 6 nitrogen and oxygen atoms in total. The normalized spacial score (nSPS) is 10.7. The third kappa shape index (κ3) is 4.84. The summed E-state index contributed by atoms with van der Waals surface area (Å²) in [5, 5.41) is 14.5. The van der Waals surface area contributed by atoms with Crippen LogP contribution in [0, 0.1) is 6.92 Å². The summed E-state index contributed by atoms with van der Waals surface area (Å²) < 4.78 is 1.98. The summed E-state index contributed by atoms with van der Waals surface area (Å²) in [5.41, 5.74) is 3.10. The summed E-state index contributed by atoms with van der Waals surface area (Å²) in [6, 6.07) is 8.16. The zero-order valence-corrected chi connectivity index (χ0v) is 16.9. The Bertz CT molecular complexity index is 930. The van der Waals surface area contributed by atoms with Crippen LogP contribution in [0.15, 0.2) is 47.5 Å². The minimum Gasteiger partial charge on any atom is -0.302 e. The van der Waals surface area contributed by atoms with Crippen LogP contribution in [-0.2, 0) is 17.8 Å². The topological polar surface area (TPSA) is 72.7 Å². The molecule has 2 aromatic heterocycles. The number of nitrogens with one attached hydrogen (secondary N) is 1. The van der Waals surface area contributed by atoms with Gasteiger partial charge in [0.1, 0.15) is 5.82 Å². The molecule has 0 atom stereocenters. The number of thioether (sulfide) groups is 1. The minimum absolute atomic E-state index is 0.115. The fraction of sp³-hybridized carbons (Fsp3) is 0.263. The molecule has 1 aromatic carbocycles. The highest BCUT2D eigenvalue weighted by Crippen LogP contribution is 2.25. The zero-order chi connectivity index (χ0) is 19.2. The van der Waals surface area contributed by atoms with E-state index in [1.807, 2.05) is 48.1 Å². The number of hydrogen-bond acceptors (Lipinski definition) is 6.